The standard InChI is InChI=1S/C19H22N2O2S/c1-4-14(3)20-19(23)17(12-15-9-7-11-24-15)21-18(22)16-10-6-5-8-13(16)2/h5-12,14H,4H2,1-3H3,(H,20,23)(H,21,22)/b17-12-/t14-/m1/s1. The Labute approximate surface area is 146 Å². The highest BCUT2D eigenvalue weighted by atomic mass is 32.1. The highest BCUT2D eigenvalue weighted by molar-refractivity contribution is 7.10. The zero-order valence-electron chi connectivity index (χ0n) is 14.1. The van der Waals surface area contributed by atoms with Crippen molar-refractivity contribution in [1.82, 2.24) is 10.6 Å². The number of rotatable bonds is 6. The molecule has 2 rings (SSSR count). The van der Waals surface area contributed by atoms with Gasteiger partial charge in [0.15, 0.2) is 0 Å². The number of carbonyl (C=O) groups is 2. The molecule has 0 aliphatic heterocycles. The van der Waals surface area contributed by atoms with Crippen LogP contribution in [-0.4, -0.2) is 17.9 Å². The van der Waals surface area contributed by atoms with Crippen molar-refractivity contribution >= 4 is 29.2 Å². The molecule has 4 nitrogen and oxygen atoms in total. The van der Waals surface area contributed by atoms with Gasteiger partial charge in [0.1, 0.15) is 5.70 Å². The Bertz CT molecular complexity index is 736. The third kappa shape index (κ3) is 4.80. The summed E-state index contributed by atoms with van der Waals surface area (Å²) in [6.45, 7) is 5.81. The molecule has 0 fully saturated rings. The van der Waals surface area contributed by atoms with Crippen LogP contribution >= 0.6 is 11.3 Å². The number of amides is 2. The highest BCUT2D eigenvalue weighted by Crippen LogP contribution is 2.14. The van der Waals surface area contributed by atoms with Crippen LogP contribution in [-0.2, 0) is 4.79 Å². The van der Waals surface area contributed by atoms with Crippen molar-refractivity contribution in [2.45, 2.75) is 33.2 Å². The van der Waals surface area contributed by atoms with E-state index in [4.69, 9.17) is 0 Å². The maximum Gasteiger partial charge on any atom is 0.268 e. The van der Waals surface area contributed by atoms with Crippen LogP contribution in [0.25, 0.3) is 6.08 Å². The van der Waals surface area contributed by atoms with Crippen molar-refractivity contribution in [3.63, 3.8) is 0 Å². The molecule has 0 aliphatic rings. The summed E-state index contributed by atoms with van der Waals surface area (Å²) in [4.78, 5) is 25.9. The van der Waals surface area contributed by atoms with Gasteiger partial charge in [-0.1, -0.05) is 31.2 Å². The quantitative estimate of drug-likeness (QED) is 0.786. The van der Waals surface area contributed by atoms with Gasteiger partial charge in [-0.2, -0.15) is 0 Å². The summed E-state index contributed by atoms with van der Waals surface area (Å²) in [7, 11) is 0. The van der Waals surface area contributed by atoms with Gasteiger partial charge in [-0.3, -0.25) is 9.59 Å². The molecule has 0 saturated carbocycles. The summed E-state index contributed by atoms with van der Waals surface area (Å²) in [6, 6.07) is 11.2. The molecule has 2 N–H and O–H groups in total. The Kier molecular flexibility index (Phi) is 6.32. The molecule has 1 aromatic carbocycles. The molecule has 0 saturated heterocycles. The molecule has 1 atom stereocenters. The first kappa shape index (κ1) is 17.9. The van der Waals surface area contributed by atoms with Crippen molar-refractivity contribution in [3.05, 3.63) is 63.5 Å². The second-order valence-electron chi connectivity index (χ2n) is 5.63. The maximum absolute atomic E-state index is 12.5. The SMILES string of the molecule is CC[C@@H](C)NC(=O)/C(=C/c1cccs1)NC(=O)c1ccccc1C. The molecule has 0 radical (unpaired) electrons. The largest absolute Gasteiger partial charge is 0.348 e. The van der Waals surface area contributed by atoms with Gasteiger partial charge in [-0.05, 0) is 49.4 Å². The van der Waals surface area contributed by atoms with Crippen LogP contribution in [0.1, 0.15) is 41.1 Å². The minimum Gasteiger partial charge on any atom is -0.348 e. The fourth-order valence-corrected chi connectivity index (χ4v) is 2.75. The predicted molar refractivity (Wildman–Crippen MR) is 98.8 cm³/mol. The summed E-state index contributed by atoms with van der Waals surface area (Å²) in [6.07, 6.45) is 2.53. The Hall–Kier alpha value is -2.40. The van der Waals surface area contributed by atoms with Gasteiger partial charge in [0.05, 0.1) is 0 Å². The second-order valence-corrected chi connectivity index (χ2v) is 6.60. The smallest absolute Gasteiger partial charge is 0.268 e. The maximum atomic E-state index is 12.5. The van der Waals surface area contributed by atoms with E-state index < -0.39 is 0 Å². The lowest BCUT2D eigenvalue weighted by Crippen LogP contribution is -2.39. The Morgan fingerprint density at radius 2 is 1.96 bits per heavy atom. The molecule has 1 heterocycles. The van der Waals surface area contributed by atoms with Gasteiger partial charge in [0, 0.05) is 16.5 Å². The van der Waals surface area contributed by atoms with Gasteiger partial charge >= 0.3 is 0 Å². The van der Waals surface area contributed by atoms with E-state index in [0.29, 0.717) is 5.56 Å². The summed E-state index contributed by atoms with van der Waals surface area (Å²) in [5, 5.41) is 7.58. The highest BCUT2D eigenvalue weighted by Gasteiger charge is 2.17. The van der Waals surface area contributed by atoms with Gasteiger partial charge in [0.2, 0.25) is 0 Å². The van der Waals surface area contributed by atoms with Crippen LogP contribution in [0.2, 0.25) is 0 Å². The summed E-state index contributed by atoms with van der Waals surface area (Å²) in [5.41, 5.74) is 1.68. The number of carbonyl (C=O) groups excluding carboxylic acids is 2. The Balaban J connectivity index is 2.24. The molecular weight excluding hydrogens is 320 g/mol. The molecule has 24 heavy (non-hydrogen) atoms. The van der Waals surface area contributed by atoms with E-state index in [1.807, 2.05) is 56.5 Å². The summed E-state index contributed by atoms with van der Waals surface area (Å²) >= 11 is 1.51. The lowest BCUT2D eigenvalue weighted by molar-refractivity contribution is -0.118. The van der Waals surface area contributed by atoms with E-state index >= 15 is 0 Å². The first-order chi connectivity index (χ1) is 11.5. The van der Waals surface area contributed by atoms with Crippen LogP contribution in [0.4, 0.5) is 0 Å². The second kappa shape index (κ2) is 8.45. The number of nitrogens with one attached hydrogen (secondary N) is 2. The number of aryl methyl sites for hydroxylation is 1. The van der Waals surface area contributed by atoms with E-state index in [0.717, 1.165) is 16.9 Å². The number of thiophene rings is 1. The molecule has 2 aromatic rings. The van der Waals surface area contributed by atoms with Crippen LogP contribution in [0, 0.1) is 6.92 Å². The van der Waals surface area contributed by atoms with Crippen molar-refractivity contribution < 1.29 is 9.59 Å². The molecular formula is C19H22N2O2S. The molecule has 126 valence electrons. The normalized spacial score (nSPS) is 12.5. The third-order valence-corrected chi connectivity index (χ3v) is 4.52. The predicted octanol–water partition coefficient (Wildman–Crippen LogP) is 3.74. The Morgan fingerprint density at radius 1 is 1.21 bits per heavy atom. The molecule has 0 unspecified atom stereocenters. The molecule has 5 heteroatoms. The number of hydrogen-bond acceptors (Lipinski definition) is 3. The van der Waals surface area contributed by atoms with Crippen molar-refractivity contribution in [2.24, 2.45) is 0 Å². The van der Waals surface area contributed by atoms with Crippen LogP contribution < -0.4 is 10.6 Å². The van der Waals surface area contributed by atoms with E-state index in [2.05, 4.69) is 10.6 Å². The first-order valence-electron chi connectivity index (χ1n) is 7.94. The first-order valence-corrected chi connectivity index (χ1v) is 8.82. The van der Waals surface area contributed by atoms with Crippen molar-refractivity contribution in [2.75, 3.05) is 0 Å². The zero-order chi connectivity index (χ0) is 17.5. The third-order valence-electron chi connectivity index (χ3n) is 3.70. The fraction of sp³-hybridized carbons (Fsp3) is 0.263. The molecule has 1 aromatic heterocycles. The monoisotopic (exact) mass is 342 g/mol. The Morgan fingerprint density at radius 3 is 2.58 bits per heavy atom. The average Bonchev–Trinajstić information content (AvgIpc) is 3.07. The number of benzene rings is 1. The van der Waals surface area contributed by atoms with E-state index in [1.165, 1.54) is 11.3 Å². The van der Waals surface area contributed by atoms with Gasteiger partial charge in [-0.15, -0.1) is 11.3 Å². The van der Waals surface area contributed by atoms with E-state index in [-0.39, 0.29) is 23.6 Å². The molecule has 2 amide bonds. The van der Waals surface area contributed by atoms with Gasteiger partial charge < -0.3 is 10.6 Å². The van der Waals surface area contributed by atoms with Gasteiger partial charge in [0.25, 0.3) is 11.8 Å². The van der Waals surface area contributed by atoms with Gasteiger partial charge in [-0.25, -0.2) is 0 Å². The lowest BCUT2D eigenvalue weighted by Gasteiger charge is -2.15. The summed E-state index contributed by atoms with van der Waals surface area (Å²) < 4.78 is 0. The molecule has 0 bridgehead atoms. The van der Waals surface area contributed by atoms with E-state index in [1.54, 1.807) is 12.1 Å². The lowest BCUT2D eigenvalue weighted by atomic mass is 10.1. The molecule has 0 spiro atoms. The zero-order valence-corrected chi connectivity index (χ0v) is 14.9. The topological polar surface area (TPSA) is 58.2 Å². The number of hydrogen-bond donors (Lipinski definition) is 2. The van der Waals surface area contributed by atoms with Crippen LogP contribution in [0.15, 0.2) is 47.5 Å². The minimum atomic E-state index is -0.282. The fourth-order valence-electron chi connectivity index (χ4n) is 2.09. The van der Waals surface area contributed by atoms with Crippen LogP contribution in [0.3, 0.4) is 0 Å². The summed E-state index contributed by atoms with van der Waals surface area (Å²) in [5.74, 6) is -0.560. The van der Waals surface area contributed by atoms with Crippen LogP contribution in [0.5, 0.6) is 0 Å². The minimum absolute atomic E-state index is 0.0413. The average molecular weight is 342 g/mol. The molecule has 0 aliphatic carbocycles. The van der Waals surface area contributed by atoms with Crippen molar-refractivity contribution in [1.29, 1.82) is 0 Å². The van der Waals surface area contributed by atoms with E-state index in [9.17, 15) is 9.59 Å². The van der Waals surface area contributed by atoms with Crippen molar-refractivity contribution in [3.8, 4) is 0 Å².